The second-order valence-electron chi connectivity index (χ2n) is 16.4. The molecule has 2 saturated heterocycles. The summed E-state index contributed by atoms with van der Waals surface area (Å²) in [5.41, 5.74) is 5.50. The van der Waals surface area contributed by atoms with E-state index in [4.69, 9.17) is 19.9 Å². The van der Waals surface area contributed by atoms with Crippen molar-refractivity contribution in [3.8, 4) is 0 Å². The summed E-state index contributed by atoms with van der Waals surface area (Å²) < 4.78 is 16.6. The number of aliphatic hydroxyl groups excluding tert-OH is 3. The van der Waals surface area contributed by atoms with E-state index in [-0.39, 0.29) is 43.5 Å². The van der Waals surface area contributed by atoms with Crippen LogP contribution >= 0.6 is 0 Å². The van der Waals surface area contributed by atoms with E-state index in [1.807, 2.05) is 0 Å². The largest absolute Gasteiger partial charge is 0.461 e. The van der Waals surface area contributed by atoms with Gasteiger partial charge in [0.05, 0.1) is 18.8 Å². The molecule has 0 spiro atoms. The topological polar surface area (TPSA) is 236 Å². The van der Waals surface area contributed by atoms with Gasteiger partial charge in [0.25, 0.3) is 0 Å². The maximum Gasteiger partial charge on any atom is 0.306 e. The maximum absolute atomic E-state index is 13.0. The highest BCUT2D eigenvalue weighted by atomic mass is 16.6. The summed E-state index contributed by atoms with van der Waals surface area (Å²) in [6, 6.07) is -2.02. The Balaban J connectivity index is 1.56. The molecular weight excluding hydrogens is 748 g/mol. The fraction of sp³-hybridized carbons (Fsp3) is 0.860. The first-order chi connectivity index (χ1) is 27.9. The standard InChI is InChI=1S/C43H77N4O11/c1-4-5-6-7-8-9-10-11-12-13-14-15-16-17-18-19-20-21-22-23-37(51)57-33-27-35(45-28-33)42(54)47-34(41(44)53)25-24-32(50)26-30(2)56-40-38(46-31(3)49)43(55)58-36(29-48)39(40)52/h30,33,35-36,38-40,43,45,48,52,55H,4-29H2,1-3H3,(H2,44,53)(H,46,49)(H,47,54)/t30?,33?,35-,36+,38+,39+,40+,43-/m0/s1. The van der Waals surface area contributed by atoms with Gasteiger partial charge in [-0.05, 0) is 19.8 Å². The van der Waals surface area contributed by atoms with Crippen molar-refractivity contribution in [3.63, 3.8) is 0 Å². The van der Waals surface area contributed by atoms with Gasteiger partial charge in [-0.2, -0.15) is 0 Å². The van der Waals surface area contributed by atoms with Gasteiger partial charge in [-0.1, -0.05) is 122 Å². The number of esters is 1. The van der Waals surface area contributed by atoms with Crippen molar-refractivity contribution in [1.82, 2.24) is 16.0 Å². The number of Topliss-reactive ketones (excluding diaryl/α,β-unsaturated/α-hetero) is 1. The lowest BCUT2D eigenvalue weighted by Crippen LogP contribution is -2.65. The molecule has 0 aromatic rings. The normalized spacial score (nSPS) is 23.7. The van der Waals surface area contributed by atoms with Crippen LogP contribution in [0.25, 0.3) is 0 Å². The van der Waals surface area contributed by atoms with Gasteiger partial charge >= 0.3 is 5.97 Å². The number of nitrogens with one attached hydrogen (secondary N) is 3. The second kappa shape index (κ2) is 30.4. The zero-order chi connectivity index (χ0) is 42.7. The molecule has 2 fully saturated rings. The minimum absolute atomic E-state index is 0.141. The fourth-order valence-corrected chi connectivity index (χ4v) is 7.71. The molecule has 15 nitrogen and oxygen atoms in total. The average molecular weight is 826 g/mol. The summed E-state index contributed by atoms with van der Waals surface area (Å²) in [5.74, 6) is -2.55. The molecule has 2 aliphatic rings. The number of carbonyl (C=O) groups is 5. The van der Waals surface area contributed by atoms with Crippen molar-refractivity contribution in [2.24, 2.45) is 5.73 Å². The zero-order valence-corrected chi connectivity index (χ0v) is 35.7. The number of ketones is 1. The Kier molecular flexibility index (Phi) is 26.9. The highest BCUT2D eigenvalue weighted by Gasteiger charge is 2.46. The molecule has 1 radical (unpaired) electrons. The molecule has 15 heteroatoms. The van der Waals surface area contributed by atoms with E-state index in [9.17, 15) is 39.3 Å². The number of hydrogen-bond acceptors (Lipinski definition) is 12. The Bertz CT molecular complexity index is 1190. The van der Waals surface area contributed by atoms with Crippen LogP contribution in [-0.4, -0.2) is 107 Å². The predicted molar refractivity (Wildman–Crippen MR) is 220 cm³/mol. The van der Waals surface area contributed by atoms with Crippen LogP contribution in [0.2, 0.25) is 0 Å². The van der Waals surface area contributed by atoms with Gasteiger partial charge in [0.2, 0.25) is 17.7 Å². The lowest BCUT2D eigenvalue weighted by atomic mass is 9.96. The van der Waals surface area contributed by atoms with Gasteiger partial charge in [-0.25, -0.2) is 0 Å². The van der Waals surface area contributed by atoms with Crippen LogP contribution < -0.4 is 21.7 Å². The quantitative estimate of drug-likeness (QED) is 0.0363. The summed E-state index contributed by atoms with van der Waals surface area (Å²) in [7, 11) is 0. The van der Waals surface area contributed by atoms with Crippen molar-refractivity contribution < 1.29 is 53.5 Å². The van der Waals surface area contributed by atoms with Gasteiger partial charge in [0.1, 0.15) is 36.2 Å². The summed E-state index contributed by atoms with van der Waals surface area (Å²) in [6.07, 6.45) is 17.9. The van der Waals surface area contributed by atoms with Crippen LogP contribution in [0.4, 0.5) is 0 Å². The third kappa shape index (κ3) is 21.5. The van der Waals surface area contributed by atoms with Crippen LogP contribution in [0.1, 0.15) is 175 Å². The number of ether oxygens (including phenoxy) is 3. The summed E-state index contributed by atoms with van der Waals surface area (Å²) in [4.78, 5) is 62.1. The number of carbonyl (C=O) groups excluding carboxylic acids is 5. The van der Waals surface area contributed by atoms with Crippen molar-refractivity contribution in [1.29, 1.82) is 0 Å². The molecule has 2 unspecified atom stereocenters. The molecule has 0 aromatic carbocycles. The van der Waals surface area contributed by atoms with Gasteiger partial charge in [-0.3, -0.25) is 24.0 Å². The van der Waals surface area contributed by atoms with Crippen LogP contribution in [0, 0.1) is 6.04 Å². The van der Waals surface area contributed by atoms with Gasteiger partial charge in [0.15, 0.2) is 12.3 Å². The van der Waals surface area contributed by atoms with Gasteiger partial charge in [-0.15, -0.1) is 0 Å². The average Bonchev–Trinajstić information content (AvgIpc) is 3.65. The van der Waals surface area contributed by atoms with E-state index in [1.54, 1.807) is 6.92 Å². The Labute approximate surface area is 347 Å². The molecule has 2 aliphatic heterocycles. The van der Waals surface area contributed by atoms with E-state index in [0.29, 0.717) is 13.0 Å². The third-order valence-corrected chi connectivity index (χ3v) is 11.1. The molecule has 335 valence electrons. The minimum atomic E-state index is -1.57. The number of hydrogen-bond donors (Lipinski definition) is 7. The Hall–Kier alpha value is -2.69. The van der Waals surface area contributed by atoms with Crippen LogP contribution in [0.15, 0.2) is 0 Å². The Morgan fingerprint density at radius 2 is 1.34 bits per heavy atom. The molecule has 8 N–H and O–H groups in total. The third-order valence-electron chi connectivity index (χ3n) is 11.1. The molecule has 0 aromatic heterocycles. The lowest BCUT2D eigenvalue weighted by Gasteiger charge is -2.43. The van der Waals surface area contributed by atoms with Crippen molar-refractivity contribution >= 4 is 29.5 Å². The molecule has 3 amide bonds. The van der Waals surface area contributed by atoms with E-state index in [1.165, 1.54) is 110 Å². The molecule has 0 bridgehead atoms. The Morgan fingerprint density at radius 1 is 0.810 bits per heavy atom. The van der Waals surface area contributed by atoms with Gasteiger partial charge < -0.3 is 51.2 Å². The first kappa shape index (κ1) is 51.5. The number of unbranched alkanes of at least 4 members (excludes halogenated alkanes) is 18. The van der Waals surface area contributed by atoms with E-state index < -0.39 is 73.2 Å². The van der Waals surface area contributed by atoms with E-state index in [2.05, 4.69) is 22.9 Å². The number of rotatable bonds is 33. The molecule has 0 aliphatic carbocycles. The number of primary amides is 1. The number of nitrogens with two attached hydrogens (primary N) is 1. The van der Waals surface area contributed by atoms with Crippen molar-refractivity contribution in [2.75, 3.05) is 13.2 Å². The second-order valence-corrected chi connectivity index (χ2v) is 16.4. The van der Waals surface area contributed by atoms with Crippen LogP contribution in [-0.2, 0) is 38.2 Å². The minimum Gasteiger partial charge on any atom is -0.461 e. The zero-order valence-electron chi connectivity index (χ0n) is 35.7. The first-order valence-electron chi connectivity index (χ1n) is 22.3. The van der Waals surface area contributed by atoms with Crippen molar-refractivity contribution in [2.45, 2.75) is 224 Å². The fourth-order valence-electron chi connectivity index (χ4n) is 7.71. The predicted octanol–water partition coefficient (Wildman–Crippen LogP) is 4.30. The first-order valence-corrected chi connectivity index (χ1v) is 22.3. The van der Waals surface area contributed by atoms with Gasteiger partial charge in [0, 0.05) is 39.2 Å². The number of amides is 3. The SMILES string of the molecule is CCCCCCCCCCCCCCCCCCCCCC(=O)OC1CN[C@H](C(=O)N[C](CCC(=O)CC(C)O[C@H]2[C@H](O)[C@@H](CO)O[C@H](O)[C@@H]2NC(C)=O)C(N)=O)C1. The molecular formula is C43H77N4O11. The maximum atomic E-state index is 13.0. The molecule has 8 atom stereocenters. The molecule has 0 saturated carbocycles. The molecule has 58 heavy (non-hydrogen) atoms. The summed E-state index contributed by atoms with van der Waals surface area (Å²) >= 11 is 0. The number of aliphatic hydroxyl groups is 3. The van der Waals surface area contributed by atoms with Crippen LogP contribution in [0.3, 0.4) is 0 Å². The van der Waals surface area contributed by atoms with Crippen molar-refractivity contribution in [3.05, 3.63) is 6.04 Å². The summed E-state index contributed by atoms with van der Waals surface area (Å²) in [6.45, 7) is 4.72. The molecule has 2 rings (SSSR count). The molecule has 2 heterocycles. The van der Waals surface area contributed by atoms with E-state index >= 15 is 0 Å². The highest BCUT2D eigenvalue weighted by Crippen LogP contribution is 2.25. The highest BCUT2D eigenvalue weighted by molar-refractivity contribution is 5.95. The van der Waals surface area contributed by atoms with Crippen LogP contribution in [0.5, 0.6) is 0 Å². The Morgan fingerprint density at radius 3 is 1.84 bits per heavy atom. The summed E-state index contributed by atoms with van der Waals surface area (Å²) in [5, 5.41) is 38.4. The lowest BCUT2D eigenvalue weighted by molar-refractivity contribution is -0.267. The monoisotopic (exact) mass is 826 g/mol. The smallest absolute Gasteiger partial charge is 0.306 e. The van der Waals surface area contributed by atoms with E-state index in [0.717, 1.165) is 19.3 Å².